The topological polar surface area (TPSA) is 25.8 Å². The van der Waals surface area contributed by atoms with Crippen LogP contribution in [0.25, 0.3) is 54.1 Å². The summed E-state index contributed by atoms with van der Waals surface area (Å²) in [5, 5.41) is 10.8. The lowest BCUT2D eigenvalue weighted by Gasteiger charge is -2.21. The first-order valence-electron chi connectivity index (χ1n) is 25.1. The molecule has 0 aliphatic heterocycles. The highest BCUT2D eigenvalue weighted by atomic mass is 14.8. The van der Waals surface area contributed by atoms with Crippen LogP contribution in [0.2, 0.25) is 0 Å². The van der Waals surface area contributed by atoms with Crippen LogP contribution in [-0.2, 0) is 27.1 Å². The Morgan fingerprint density at radius 1 is 0.229 bits per heavy atom. The third-order valence-electron chi connectivity index (χ3n) is 12.7. The minimum absolute atomic E-state index is 0.121. The standard InChI is InChI=1S/4C14H16.C12H14N2/c4*1-14(2,3)13-10-6-8-11-7-4-5-9-12(11)13;1-12(2,3)9-5-4-6-10-11(9)14-8-7-13-10/h4*4-10H,1-3H3;4-8H,1-3H3. The lowest BCUT2D eigenvalue weighted by molar-refractivity contribution is 0.594. The number of fused-ring (bicyclic) bond motifs is 5. The van der Waals surface area contributed by atoms with Crippen LogP contribution in [0.4, 0.5) is 0 Å². The van der Waals surface area contributed by atoms with Gasteiger partial charge in [-0.1, -0.05) is 286 Å². The van der Waals surface area contributed by atoms with Gasteiger partial charge in [0.25, 0.3) is 0 Å². The van der Waals surface area contributed by atoms with Crippen LogP contribution in [-0.4, -0.2) is 9.97 Å². The van der Waals surface area contributed by atoms with Crippen molar-refractivity contribution in [2.45, 2.75) is 131 Å². The van der Waals surface area contributed by atoms with Crippen molar-refractivity contribution in [3.63, 3.8) is 0 Å². The number of hydrogen-bond donors (Lipinski definition) is 0. The molecule has 360 valence electrons. The van der Waals surface area contributed by atoms with Gasteiger partial charge in [0.1, 0.15) is 0 Å². The molecule has 0 spiro atoms. The van der Waals surface area contributed by atoms with Crippen molar-refractivity contribution in [3.8, 4) is 0 Å². The summed E-state index contributed by atoms with van der Waals surface area (Å²) in [6.45, 7) is 33.7. The van der Waals surface area contributed by atoms with Gasteiger partial charge >= 0.3 is 0 Å². The lowest BCUT2D eigenvalue weighted by atomic mass is 9.84. The SMILES string of the molecule is CC(C)(C)c1cccc2ccccc12.CC(C)(C)c1cccc2ccccc12.CC(C)(C)c1cccc2ccccc12.CC(C)(C)c1cccc2ccccc12.CC(C)(C)c1cccc2nccnc12. The van der Waals surface area contributed by atoms with E-state index in [9.17, 15) is 0 Å². The van der Waals surface area contributed by atoms with Crippen molar-refractivity contribution in [1.29, 1.82) is 0 Å². The monoisotopic (exact) mass is 923 g/mol. The zero-order valence-electron chi connectivity index (χ0n) is 44.9. The molecule has 0 bridgehead atoms. The second kappa shape index (κ2) is 22.0. The fraction of sp³-hybridized carbons (Fsp3) is 0.294. The maximum absolute atomic E-state index is 4.39. The Morgan fingerprint density at radius 2 is 0.457 bits per heavy atom. The van der Waals surface area contributed by atoms with Gasteiger partial charge in [0.05, 0.1) is 11.0 Å². The Bertz CT molecular complexity index is 2740. The van der Waals surface area contributed by atoms with Crippen LogP contribution in [0, 0.1) is 0 Å². The minimum Gasteiger partial charge on any atom is -0.253 e. The zero-order valence-corrected chi connectivity index (χ0v) is 44.9. The van der Waals surface area contributed by atoms with E-state index in [-0.39, 0.29) is 27.1 Å². The quantitative estimate of drug-likeness (QED) is 0.151. The first kappa shape index (κ1) is 52.7. The summed E-state index contributed by atoms with van der Waals surface area (Å²) in [5.74, 6) is 0. The summed E-state index contributed by atoms with van der Waals surface area (Å²) < 4.78 is 0. The third-order valence-corrected chi connectivity index (χ3v) is 12.7. The summed E-state index contributed by atoms with van der Waals surface area (Å²) in [6.07, 6.45) is 3.48. The number of benzene rings is 9. The maximum Gasteiger partial charge on any atom is 0.0924 e. The molecular formula is C68H78N2. The van der Waals surface area contributed by atoms with E-state index in [4.69, 9.17) is 0 Å². The van der Waals surface area contributed by atoms with Crippen LogP contribution >= 0.6 is 0 Å². The summed E-state index contributed by atoms with van der Waals surface area (Å²) >= 11 is 0. The second-order valence-electron chi connectivity index (χ2n) is 23.6. The number of rotatable bonds is 0. The highest BCUT2D eigenvalue weighted by Gasteiger charge is 2.20. The van der Waals surface area contributed by atoms with E-state index in [1.54, 1.807) is 12.4 Å². The van der Waals surface area contributed by atoms with Gasteiger partial charge < -0.3 is 0 Å². The van der Waals surface area contributed by atoms with Crippen LogP contribution < -0.4 is 0 Å². The molecule has 0 radical (unpaired) electrons. The average Bonchev–Trinajstić information content (AvgIpc) is 3.32. The lowest BCUT2D eigenvalue weighted by Crippen LogP contribution is -2.12. The fourth-order valence-corrected chi connectivity index (χ4v) is 9.12. The van der Waals surface area contributed by atoms with Crippen molar-refractivity contribution in [3.05, 3.63) is 228 Å². The van der Waals surface area contributed by atoms with Crippen molar-refractivity contribution in [1.82, 2.24) is 9.97 Å². The average molecular weight is 923 g/mol. The van der Waals surface area contributed by atoms with E-state index in [0.717, 1.165) is 11.0 Å². The van der Waals surface area contributed by atoms with Gasteiger partial charge in [-0.05, 0) is 104 Å². The van der Waals surface area contributed by atoms with E-state index in [2.05, 4.69) is 290 Å². The number of hydrogen-bond acceptors (Lipinski definition) is 2. The molecule has 70 heavy (non-hydrogen) atoms. The fourth-order valence-electron chi connectivity index (χ4n) is 9.12. The Labute approximate surface area is 421 Å². The first-order chi connectivity index (χ1) is 32.9. The van der Waals surface area contributed by atoms with Gasteiger partial charge in [-0.3, -0.25) is 9.97 Å². The molecule has 0 saturated heterocycles. The summed E-state index contributed by atoms with van der Waals surface area (Å²) in [5.41, 5.74) is 9.96. The molecule has 0 unspecified atom stereocenters. The number of para-hydroxylation sites is 1. The molecule has 9 aromatic carbocycles. The molecule has 0 fully saturated rings. The first-order valence-corrected chi connectivity index (χ1v) is 25.1. The van der Waals surface area contributed by atoms with Gasteiger partial charge in [-0.2, -0.15) is 0 Å². The molecular weight excluding hydrogens is 845 g/mol. The van der Waals surface area contributed by atoms with E-state index >= 15 is 0 Å². The Kier molecular flexibility index (Phi) is 16.6. The van der Waals surface area contributed by atoms with Crippen LogP contribution in [0.15, 0.2) is 200 Å². The molecule has 0 saturated carbocycles. The van der Waals surface area contributed by atoms with Crippen LogP contribution in [0.5, 0.6) is 0 Å². The minimum atomic E-state index is 0.121. The molecule has 0 atom stereocenters. The van der Waals surface area contributed by atoms with Gasteiger partial charge in [0, 0.05) is 12.4 Å². The molecule has 0 aliphatic rings. The Hall–Kier alpha value is -6.64. The second-order valence-corrected chi connectivity index (χ2v) is 23.6. The molecule has 1 heterocycles. The predicted octanol–water partition coefficient (Wildman–Crippen LogP) is 19.5. The van der Waals surface area contributed by atoms with Crippen molar-refractivity contribution in [2.75, 3.05) is 0 Å². The molecule has 1 aromatic heterocycles. The summed E-state index contributed by atoms with van der Waals surface area (Å²) in [6, 6.07) is 66.6. The summed E-state index contributed by atoms with van der Waals surface area (Å²) in [7, 11) is 0. The van der Waals surface area contributed by atoms with Gasteiger partial charge in [0.15, 0.2) is 0 Å². The molecule has 10 aromatic rings. The number of aromatic nitrogens is 2. The normalized spacial score (nSPS) is 11.9. The van der Waals surface area contributed by atoms with Crippen molar-refractivity contribution in [2.24, 2.45) is 0 Å². The molecule has 2 nitrogen and oxygen atoms in total. The molecule has 10 rings (SSSR count). The van der Waals surface area contributed by atoms with E-state index in [1.807, 2.05) is 12.1 Å². The smallest absolute Gasteiger partial charge is 0.0924 e. The van der Waals surface area contributed by atoms with Gasteiger partial charge in [-0.25, -0.2) is 0 Å². The predicted molar refractivity (Wildman–Crippen MR) is 309 cm³/mol. The van der Waals surface area contributed by atoms with Crippen LogP contribution in [0.3, 0.4) is 0 Å². The molecule has 0 aliphatic carbocycles. The van der Waals surface area contributed by atoms with E-state index in [1.165, 1.54) is 70.9 Å². The molecule has 0 N–H and O–H groups in total. The largest absolute Gasteiger partial charge is 0.253 e. The highest BCUT2D eigenvalue weighted by Crippen LogP contribution is 2.33. The van der Waals surface area contributed by atoms with Gasteiger partial charge in [0.2, 0.25) is 0 Å². The van der Waals surface area contributed by atoms with E-state index < -0.39 is 0 Å². The Balaban J connectivity index is 0.000000143. The highest BCUT2D eigenvalue weighted by molar-refractivity contribution is 5.89. The molecule has 0 amide bonds. The van der Waals surface area contributed by atoms with Crippen LogP contribution in [0.1, 0.15) is 132 Å². The number of nitrogens with zero attached hydrogens (tertiary/aromatic N) is 2. The summed E-state index contributed by atoms with van der Waals surface area (Å²) in [4.78, 5) is 8.68. The maximum atomic E-state index is 4.39. The molecule has 2 heteroatoms. The van der Waals surface area contributed by atoms with E-state index in [0.29, 0.717) is 0 Å². The Morgan fingerprint density at radius 3 is 0.743 bits per heavy atom. The van der Waals surface area contributed by atoms with Crippen molar-refractivity contribution >= 4 is 54.1 Å². The third kappa shape index (κ3) is 13.6. The zero-order chi connectivity index (χ0) is 50.9. The van der Waals surface area contributed by atoms with Gasteiger partial charge in [-0.15, -0.1) is 0 Å². The van der Waals surface area contributed by atoms with Crippen molar-refractivity contribution < 1.29 is 0 Å².